The van der Waals surface area contributed by atoms with Crippen molar-refractivity contribution in [3.05, 3.63) is 36.8 Å². The minimum absolute atomic E-state index is 1.40. The average molecular weight is 277 g/mol. The largest absolute Gasteiger partial charge is 0.409 e. The van der Waals surface area contributed by atoms with E-state index in [-0.39, 0.29) is 0 Å². The highest BCUT2D eigenvalue weighted by Crippen LogP contribution is 2.19. The van der Waals surface area contributed by atoms with Gasteiger partial charge in [-0.15, -0.1) is 19.7 Å². The average Bonchev–Trinajstić information content (AvgIpc) is 2.16. The fourth-order valence-corrected chi connectivity index (χ4v) is 9.45. The maximum absolute atomic E-state index is 9.87. The van der Waals surface area contributed by atoms with Crippen molar-refractivity contribution in [2.24, 2.45) is 0 Å². The van der Waals surface area contributed by atoms with Crippen molar-refractivity contribution >= 4 is 25.7 Å². The lowest BCUT2D eigenvalue weighted by Gasteiger charge is -2.34. The third-order valence-corrected chi connectivity index (χ3v) is 10.8. The Bertz CT molecular complexity index is 266. The Balaban J connectivity index is 4.86. The summed E-state index contributed by atoms with van der Waals surface area (Å²) in [6, 6.07) is 0. The molecular weight excluding hydrogens is 256 g/mol. The highest BCUT2D eigenvalue weighted by molar-refractivity contribution is 6.89. The molecule has 0 saturated heterocycles. The second-order valence-corrected chi connectivity index (χ2v) is 13.0. The highest BCUT2D eigenvalue weighted by atomic mass is 28.5. The van der Waals surface area contributed by atoms with Crippen molar-refractivity contribution in [2.75, 3.05) is 0 Å². The van der Waals surface area contributed by atoms with Crippen LogP contribution in [0.5, 0.6) is 0 Å². The summed E-state index contributed by atoms with van der Waals surface area (Å²) in [5.41, 5.74) is 4.33. The molecule has 0 rings (SSSR count). The van der Waals surface area contributed by atoms with E-state index >= 15 is 0 Å². The Morgan fingerprint density at radius 3 is 1.31 bits per heavy atom. The topological polar surface area (TPSA) is 58.9 Å². The Labute approximate surface area is 100 Å². The monoisotopic (exact) mass is 276 g/mol. The predicted molar refractivity (Wildman–Crippen MR) is 72.1 cm³/mol. The van der Waals surface area contributed by atoms with Gasteiger partial charge in [-0.3, -0.25) is 0 Å². The van der Waals surface area contributed by atoms with Crippen LogP contribution in [0.2, 0.25) is 19.6 Å². The predicted octanol–water partition coefficient (Wildman–Crippen LogP) is 1.40. The molecule has 0 aromatic rings. The van der Waals surface area contributed by atoms with Crippen LogP contribution in [0.3, 0.4) is 0 Å². The summed E-state index contributed by atoms with van der Waals surface area (Å²) < 4.78 is 11.1. The van der Waals surface area contributed by atoms with Gasteiger partial charge in [-0.1, -0.05) is 17.1 Å². The standard InChI is InChI=1S/C9H20O4Si3/c1-7-14(4,10)12-16(6,9-3)13-15(5,11)8-2/h7-11H,1-3H2,4-6H3. The second-order valence-electron chi connectivity index (χ2n) is 3.94. The van der Waals surface area contributed by atoms with E-state index in [0.29, 0.717) is 0 Å². The first kappa shape index (κ1) is 15.7. The first-order valence-corrected chi connectivity index (χ1v) is 12.1. The maximum atomic E-state index is 9.87. The van der Waals surface area contributed by atoms with Crippen LogP contribution in [0.15, 0.2) is 36.8 Å². The van der Waals surface area contributed by atoms with Crippen LogP contribution in [0.1, 0.15) is 0 Å². The number of hydrogen-bond donors (Lipinski definition) is 2. The Hall–Kier alpha value is -0.289. The molecule has 0 aliphatic heterocycles. The second kappa shape index (κ2) is 5.36. The molecule has 2 N–H and O–H groups in total. The first-order chi connectivity index (χ1) is 7.10. The fraction of sp³-hybridized carbons (Fsp3) is 0.333. The SMILES string of the molecule is C=C[Si](C)(O)O[Si](C)(C=C)O[Si](C)(O)C=C. The Kier molecular flexibility index (Phi) is 5.26. The third-order valence-electron chi connectivity index (χ3n) is 1.95. The minimum Gasteiger partial charge on any atom is -0.409 e. The van der Waals surface area contributed by atoms with E-state index in [9.17, 15) is 9.59 Å². The molecule has 0 saturated carbocycles. The molecule has 7 heteroatoms. The van der Waals surface area contributed by atoms with Gasteiger partial charge in [0.2, 0.25) is 0 Å². The number of rotatable bonds is 7. The van der Waals surface area contributed by atoms with E-state index in [1.165, 1.54) is 17.1 Å². The number of hydrogen-bond acceptors (Lipinski definition) is 4. The molecule has 16 heavy (non-hydrogen) atoms. The van der Waals surface area contributed by atoms with Crippen LogP contribution in [0.25, 0.3) is 0 Å². The quantitative estimate of drug-likeness (QED) is 0.690. The fourth-order valence-electron chi connectivity index (χ4n) is 1.01. The summed E-state index contributed by atoms with van der Waals surface area (Å²) in [5, 5.41) is 0. The van der Waals surface area contributed by atoms with E-state index < -0.39 is 25.7 Å². The lowest BCUT2D eigenvalue weighted by molar-refractivity contribution is 0.305. The third kappa shape index (κ3) is 5.16. The van der Waals surface area contributed by atoms with Crippen molar-refractivity contribution in [1.82, 2.24) is 0 Å². The molecule has 0 heterocycles. The minimum atomic E-state index is -2.94. The summed E-state index contributed by atoms with van der Waals surface area (Å²) in [7, 11) is -8.67. The Morgan fingerprint density at radius 1 is 0.812 bits per heavy atom. The van der Waals surface area contributed by atoms with Gasteiger partial charge in [0.05, 0.1) is 0 Å². The van der Waals surface area contributed by atoms with Crippen molar-refractivity contribution < 1.29 is 17.8 Å². The normalized spacial score (nSPS) is 22.3. The molecule has 0 aromatic heterocycles. The van der Waals surface area contributed by atoms with Crippen LogP contribution in [-0.4, -0.2) is 35.3 Å². The molecule has 0 amide bonds. The summed E-state index contributed by atoms with van der Waals surface area (Å²) in [4.78, 5) is 19.7. The van der Waals surface area contributed by atoms with E-state index in [1.807, 2.05) is 0 Å². The zero-order chi connectivity index (χ0) is 13.0. The van der Waals surface area contributed by atoms with Gasteiger partial charge in [-0.05, 0) is 19.6 Å². The van der Waals surface area contributed by atoms with Gasteiger partial charge >= 0.3 is 25.7 Å². The van der Waals surface area contributed by atoms with Crippen molar-refractivity contribution in [2.45, 2.75) is 19.6 Å². The molecular formula is C9H20O4Si3. The van der Waals surface area contributed by atoms with Crippen LogP contribution in [-0.2, 0) is 8.23 Å². The Morgan fingerprint density at radius 2 is 1.12 bits per heavy atom. The molecule has 0 radical (unpaired) electrons. The van der Waals surface area contributed by atoms with Gasteiger partial charge in [0.25, 0.3) is 0 Å². The van der Waals surface area contributed by atoms with E-state index in [1.54, 1.807) is 19.6 Å². The van der Waals surface area contributed by atoms with Crippen LogP contribution < -0.4 is 0 Å². The van der Waals surface area contributed by atoms with Crippen molar-refractivity contribution in [3.8, 4) is 0 Å². The molecule has 92 valence electrons. The van der Waals surface area contributed by atoms with Crippen molar-refractivity contribution in [1.29, 1.82) is 0 Å². The van der Waals surface area contributed by atoms with Crippen molar-refractivity contribution in [3.63, 3.8) is 0 Å². The molecule has 0 fully saturated rings. The first-order valence-electron chi connectivity index (χ1n) is 4.85. The van der Waals surface area contributed by atoms with E-state index in [0.717, 1.165) is 0 Å². The zero-order valence-corrected chi connectivity index (χ0v) is 13.1. The highest BCUT2D eigenvalue weighted by Gasteiger charge is 2.42. The van der Waals surface area contributed by atoms with Gasteiger partial charge in [0, 0.05) is 0 Å². The zero-order valence-electron chi connectivity index (χ0n) is 10.1. The van der Waals surface area contributed by atoms with Gasteiger partial charge in [0.15, 0.2) is 0 Å². The molecule has 4 nitrogen and oxygen atoms in total. The molecule has 0 spiro atoms. The molecule has 0 bridgehead atoms. The van der Waals surface area contributed by atoms with Crippen LogP contribution >= 0.6 is 0 Å². The van der Waals surface area contributed by atoms with Gasteiger partial charge in [0.1, 0.15) is 0 Å². The van der Waals surface area contributed by atoms with Crippen LogP contribution in [0, 0.1) is 0 Å². The van der Waals surface area contributed by atoms with Gasteiger partial charge in [-0.2, -0.15) is 0 Å². The summed E-state index contributed by atoms with van der Waals surface area (Å²) in [6.07, 6.45) is 0. The van der Waals surface area contributed by atoms with Crippen LogP contribution in [0.4, 0.5) is 0 Å². The summed E-state index contributed by atoms with van der Waals surface area (Å²) in [6.45, 7) is 15.6. The van der Waals surface area contributed by atoms with E-state index in [2.05, 4.69) is 19.7 Å². The lowest BCUT2D eigenvalue weighted by Crippen LogP contribution is -2.54. The van der Waals surface area contributed by atoms with Gasteiger partial charge in [-0.25, -0.2) is 0 Å². The smallest absolute Gasteiger partial charge is 0.349 e. The lowest BCUT2D eigenvalue weighted by atomic mass is 11.3. The summed E-state index contributed by atoms with van der Waals surface area (Å²) >= 11 is 0. The van der Waals surface area contributed by atoms with Gasteiger partial charge < -0.3 is 17.8 Å². The molecule has 0 aliphatic carbocycles. The molecule has 0 aliphatic rings. The summed E-state index contributed by atoms with van der Waals surface area (Å²) in [5.74, 6) is 0. The molecule has 2 atom stereocenters. The molecule has 2 unspecified atom stereocenters. The van der Waals surface area contributed by atoms with E-state index in [4.69, 9.17) is 8.23 Å². The maximum Gasteiger partial charge on any atom is 0.349 e. The molecule has 0 aromatic carbocycles.